The van der Waals surface area contributed by atoms with E-state index in [0.29, 0.717) is 29.3 Å². The number of amides is 1. The summed E-state index contributed by atoms with van der Waals surface area (Å²) in [5.74, 6) is 0.531. The number of aryl methyl sites for hydroxylation is 1. The Morgan fingerprint density at radius 3 is 2.74 bits per heavy atom. The molecular weight excluding hydrogens is 486 g/mol. The molecule has 10 heteroatoms. The molecule has 3 aromatic rings. The fourth-order valence-electron chi connectivity index (χ4n) is 4.19. The van der Waals surface area contributed by atoms with Crippen LogP contribution in [-0.4, -0.2) is 42.6 Å². The molecule has 1 N–H and O–H groups in total. The molecule has 0 bridgehead atoms. The van der Waals surface area contributed by atoms with E-state index in [9.17, 15) is 13.2 Å². The minimum atomic E-state index is -3.73. The lowest BCUT2D eigenvalue weighted by Crippen LogP contribution is -2.46. The van der Waals surface area contributed by atoms with Crippen molar-refractivity contribution in [1.29, 1.82) is 0 Å². The monoisotopic (exact) mass is 517 g/mol. The van der Waals surface area contributed by atoms with E-state index in [0.717, 1.165) is 41.7 Å². The molecule has 8 nitrogen and oxygen atoms in total. The van der Waals surface area contributed by atoms with E-state index in [-0.39, 0.29) is 16.3 Å². The smallest absolute Gasteiger partial charge is 0.410 e. The number of nitrogens with one attached hydrogen (secondary N) is 1. The molecule has 4 rings (SSSR count). The van der Waals surface area contributed by atoms with Gasteiger partial charge in [-0.1, -0.05) is 13.0 Å². The Balaban J connectivity index is 1.47. The number of anilines is 1. The number of oxazole rings is 1. The molecule has 0 fully saturated rings. The average Bonchev–Trinajstić information content (AvgIpc) is 3.48. The van der Waals surface area contributed by atoms with Gasteiger partial charge in [-0.3, -0.25) is 4.72 Å². The lowest BCUT2D eigenvalue weighted by molar-refractivity contribution is 0.0146. The number of rotatable bonds is 7. The van der Waals surface area contributed by atoms with E-state index >= 15 is 0 Å². The molecule has 0 saturated carbocycles. The van der Waals surface area contributed by atoms with Crippen molar-refractivity contribution in [2.75, 3.05) is 11.3 Å². The highest BCUT2D eigenvalue weighted by Gasteiger charge is 2.31. The number of aromatic nitrogens is 1. The molecule has 188 valence electrons. The molecule has 0 aliphatic heterocycles. The van der Waals surface area contributed by atoms with Crippen molar-refractivity contribution in [3.63, 3.8) is 0 Å². The van der Waals surface area contributed by atoms with Gasteiger partial charge in [0, 0.05) is 18.3 Å². The molecule has 1 amide bonds. The van der Waals surface area contributed by atoms with Gasteiger partial charge in [0.25, 0.3) is 10.0 Å². The van der Waals surface area contributed by atoms with Gasteiger partial charge in [-0.2, -0.15) is 0 Å². The Morgan fingerprint density at radius 1 is 1.26 bits per heavy atom. The zero-order valence-corrected chi connectivity index (χ0v) is 22.0. The van der Waals surface area contributed by atoms with Crippen LogP contribution in [0.25, 0.3) is 10.6 Å². The largest absolute Gasteiger partial charge is 0.444 e. The highest BCUT2D eigenvalue weighted by Crippen LogP contribution is 2.33. The van der Waals surface area contributed by atoms with Crippen LogP contribution in [0.4, 0.5) is 10.5 Å². The van der Waals surface area contributed by atoms with Gasteiger partial charge in [0.15, 0.2) is 12.2 Å². The number of fused-ring (bicyclic) bond motifs is 1. The highest BCUT2D eigenvalue weighted by molar-refractivity contribution is 7.94. The standard InChI is InChI=1S/C25H31N3O5S2/c1-5-12-28(24(29)33-25(2,3)4)20-9-7-17-13-19(8-6-18(17)14-20)27-35(30,31)23-11-10-22(34-23)21-15-26-16-32-21/h6,8,10-11,13,15-16,20,27H,5,7,9,12,14H2,1-4H3. The van der Waals surface area contributed by atoms with E-state index in [1.807, 2.05) is 37.8 Å². The predicted octanol–water partition coefficient (Wildman–Crippen LogP) is 5.71. The zero-order valence-electron chi connectivity index (χ0n) is 20.4. The summed E-state index contributed by atoms with van der Waals surface area (Å²) in [6.07, 6.45) is 5.71. The van der Waals surface area contributed by atoms with Crippen LogP contribution in [-0.2, 0) is 27.6 Å². The number of sulfonamides is 1. The predicted molar refractivity (Wildman–Crippen MR) is 136 cm³/mol. The summed E-state index contributed by atoms with van der Waals surface area (Å²) >= 11 is 1.13. The van der Waals surface area contributed by atoms with Gasteiger partial charge in [0.05, 0.1) is 11.1 Å². The molecule has 1 aromatic carbocycles. The first kappa shape index (κ1) is 25.2. The zero-order chi connectivity index (χ0) is 25.2. The van der Waals surface area contributed by atoms with Crippen molar-refractivity contribution < 1.29 is 22.4 Å². The Kier molecular flexibility index (Phi) is 7.23. The first-order valence-electron chi connectivity index (χ1n) is 11.7. The topological polar surface area (TPSA) is 102 Å². The first-order valence-corrected chi connectivity index (χ1v) is 14.0. The molecule has 0 spiro atoms. The fraction of sp³-hybridized carbons (Fsp3) is 0.440. The number of ether oxygens (including phenoxy) is 1. The highest BCUT2D eigenvalue weighted by atomic mass is 32.2. The minimum Gasteiger partial charge on any atom is -0.444 e. The Bertz CT molecular complexity index is 1280. The first-order chi connectivity index (χ1) is 16.6. The van der Waals surface area contributed by atoms with Crippen LogP contribution in [0.15, 0.2) is 51.5 Å². The second-order valence-electron chi connectivity index (χ2n) is 9.64. The van der Waals surface area contributed by atoms with Crippen molar-refractivity contribution >= 4 is 33.1 Å². The number of carbonyl (C=O) groups excluding carboxylic acids is 1. The van der Waals surface area contributed by atoms with Crippen LogP contribution in [0.5, 0.6) is 0 Å². The summed E-state index contributed by atoms with van der Waals surface area (Å²) < 4.78 is 39.7. The molecule has 0 radical (unpaired) electrons. The third kappa shape index (κ3) is 6.05. The molecule has 1 atom stereocenters. The van der Waals surface area contributed by atoms with Crippen LogP contribution in [0.3, 0.4) is 0 Å². The van der Waals surface area contributed by atoms with Crippen molar-refractivity contribution in [2.45, 2.75) is 69.2 Å². The third-order valence-electron chi connectivity index (χ3n) is 5.72. The van der Waals surface area contributed by atoms with Gasteiger partial charge >= 0.3 is 6.09 Å². The maximum absolute atomic E-state index is 12.9. The lowest BCUT2D eigenvalue weighted by atomic mass is 9.87. The summed E-state index contributed by atoms with van der Waals surface area (Å²) in [5, 5.41) is 0. The van der Waals surface area contributed by atoms with Crippen LogP contribution in [0, 0.1) is 0 Å². The number of carbonyl (C=O) groups is 1. The molecule has 1 aliphatic rings. The van der Waals surface area contributed by atoms with Crippen LogP contribution < -0.4 is 4.72 Å². The Hall–Kier alpha value is -2.85. The van der Waals surface area contributed by atoms with E-state index < -0.39 is 15.6 Å². The van der Waals surface area contributed by atoms with Gasteiger partial charge in [-0.05, 0) is 81.8 Å². The molecule has 2 aromatic heterocycles. The van der Waals surface area contributed by atoms with Crippen LogP contribution in [0.1, 0.15) is 51.7 Å². The summed E-state index contributed by atoms with van der Waals surface area (Å²) in [4.78, 5) is 19.2. The van der Waals surface area contributed by atoms with Gasteiger partial charge in [0.1, 0.15) is 9.81 Å². The van der Waals surface area contributed by atoms with E-state index in [2.05, 4.69) is 16.6 Å². The quantitative estimate of drug-likeness (QED) is 0.431. The van der Waals surface area contributed by atoms with Crippen LogP contribution >= 0.6 is 11.3 Å². The maximum atomic E-state index is 12.9. The molecule has 1 aliphatic carbocycles. The Morgan fingerprint density at radius 2 is 2.06 bits per heavy atom. The van der Waals surface area contributed by atoms with Crippen molar-refractivity contribution in [1.82, 2.24) is 9.88 Å². The van der Waals surface area contributed by atoms with Gasteiger partial charge in [-0.25, -0.2) is 18.2 Å². The average molecular weight is 518 g/mol. The van der Waals surface area contributed by atoms with Crippen molar-refractivity contribution in [3.05, 3.63) is 54.0 Å². The van der Waals surface area contributed by atoms with Gasteiger partial charge in [-0.15, -0.1) is 11.3 Å². The fourth-order valence-corrected chi connectivity index (χ4v) is 6.50. The SMILES string of the molecule is CCCN(C(=O)OC(C)(C)C)C1CCc2cc(NS(=O)(=O)c3ccc(-c4cnco4)s3)ccc2C1. The number of nitrogens with zero attached hydrogens (tertiary/aromatic N) is 2. The van der Waals surface area contributed by atoms with E-state index in [1.165, 1.54) is 6.39 Å². The number of thiophene rings is 1. The molecular formula is C25H31N3O5S2. The minimum absolute atomic E-state index is 0.0560. The molecule has 1 unspecified atom stereocenters. The van der Waals surface area contributed by atoms with Crippen molar-refractivity contribution in [2.24, 2.45) is 0 Å². The maximum Gasteiger partial charge on any atom is 0.410 e. The normalized spacial score (nSPS) is 15.9. The third-order valence-corrected chi connectivity index (χ3v) is 8.69. The summed E-state index contributed by atoms with van der Waals surface area (Å²) in [6.45, 7) is 8.31. The van der Waals surface area contributed by atoms with E-state index in [4.69, 9.17) is 9.15 Å². The number of hydrogen-bond acceptors (Lipinski definition) is 7. The van der Waals surface area contributed by atoms with E-state index in [1.54, 1.807) is 24.4 Å². The van der Waals surface area contributed by atoms with Gasteiger partial charge < -0.3 is 14.1 Å². The van der Waals surface area contributed by atoms with Gasteiger partial charge in [0.2, 0.25) is 0 Å². The van der Waals surface area contributed by atoms with Crippen LogP contribution in [0.2, 0.25) is 0 Å². The molecule has 35 heavy (non-hydrogen) atoms. The second-order valence-corrected chi connectivity index (χ2v) is 12.6. The second kappa shape index (κ2) is 10.0. The van der Waals surface area contributed by atoms with Crippen molar-refractivity contribution in [3.8, 4) is 10.6 Å². The Labute approximate surface area is 210 Å². The molecule has 2 heterocycles. The lowest BCUT2D eigenvalue weighted by Gasteiger charge is -2.36. The molecule has 0 saturated heterocycles. The summed E-state index contributed by atoms with van der Waals surface area (Å²) in [5.41, 5.74) is 2.20. The summed E-state index contributed by atoms with van der Waals surface area (Å²) in [6, 6.07) is 8.95. The summed E-state index contributed by atoms with van der Waals surface area (Å²) in [7, 11) is -3.73. The number of hydrogen-bond donors (Lipinski definition) is 1. The number of benzene rings is 1.